The van der Waals surface area contributed by atoms with Crippen LogP contribution in [0.4, 0.5) is 0 Å². The highest BCUT2D eigenvalue weighted by molar-refractivity contribution is 5.86. The Morgan fingerprint density at radius 2 is 2.04 bits per heavy atom. The van der Waals surface area contributed by atoms with E-state index in [-0.39, 0.29) is 12.0 Å². The fourth-order valence-electron chi connectivity index (χ4n) is 3.37. The summed E-state index contributed by atoms with van der Waals surface area (Å²) in [6.45, 7) is 9.66. The monoisotopic (exact) mass is 353 g/mol. The van der Waals surface area contributed by atoms with Crippen molar-refractivity contribution in [1.82, 2.24) is 14.8 Å². The average Bonchev–Trinajstić information content (AvgIpc) is 2.67. The van der Waals surface area contributed by atoms with E-state index in [1.165, 1.54) is 0 Å². The molecule has 1 saturated heterocycles. The number of piperazine rings is 1. The highest BCUT2D eigenvalue weighted by atomic mass is 16.5. The number of pyridine rings is 1. The minimum absolute atomic E-state index is 0.0511. The van der Waals surface area contributed by atoms with Gasteiger partial charge in [0.1, 0.15) is 6.10 Å². The van der Waals surface area contributed by atoms with Crippen LogP contribution in [0.3, 0.4) is 0 Å². The van der Waals surface area contributed by atoms with Crippen molar-refractivity contribution in [1.29, 1.82) is 0 Å². The maximum Gasteiger partial charge on any atom is 0.221 e. The maximum absolute atomic E-state index is 11.5. The van der Waals surface area contributed by atoms with Crippen LogP contribution in [0.2, 0.25) is 0 Å². The van der Waals surface area contributed by atoms with Crippen LogP contribution in [0.5, 0.6) is 5.88 Å². The maximum atomic E-state index is 11.5. The van der Waals surface area contributed by atoms with Crippen LogP contribution in [0.1, 0.15) is 19.8 Å². The number of rotatable bonds is 7. The standard InChI is InChI=1S/C21H27N3O2/c1-3-4-8-19(16-23-12-14-24(15-13-23)17(2)25)26-21-20-9-6-5-7-18(20)10-11-22-21/h3,5-7,9-11,19H,1,4,8,12-16H2,2H3/t19-/m1/s1. The lowest BCUT2D eigenvalue weighted by atomic mass is 10.1. The molecule has 5 heteroatoms. The normalized spacial score (nSPS) is 16.4. The van der Waals surface area contributed by atoms with Crippen molar-refractivity contribution in [2.45, 2.75) is 25.9 Å². The van der Waals surface area contributed by atoms with Crippen molar-refractivity contribution in [3.8, 4) is 5.88 Å². The molecule has 0 radical (unpaired) electrons. The average molecular weight is 353 g/mol. The first-order valence-corrected chi connectivity index (χ1v) is 9.26. The summed E-state index contributed by atoms with van der Waals surface area (Å²) in [4.78, 5) is 20.2. The predicted molar refractivity (Wildman–Crippen MR) is 104 cm³/mol. The number of aromatic nitrogens is 1. The van der Waals surface area contributed by atoms with Gasteiger partial charge in [0.25, 0.3) is 0 Å². The van der Waals surface area contributed by atoms with Crippen molar-refractivity contribution in [2.24, 2.45) is 0 Å². The highest BCUT2D eigenvalue weighted by Crippen LogP contribution is 2.24. The van der Waals surface area contributed by atoms with E-state index in [9.17, 15) is 4.79 Å². The molecule has 0 saturated carbocycles. The molecule has 0 N–H and O–H groups in total. The minimum atomic E-state index is 0.0511. The van der Waals surface area contributed by atoms with Gasteiger partial charge in [0.05, 0.1) is 0 Å². The summed E-state index contributed by atoms with van der Waals surface area (Å²) in [6, 6.07) is 10.2. The molecule has 0 spiro atoms. The number of allylic oxidation sites excluding steroid dienone is 1. The summed E-state index contributed by atoms with van der Waals surface area (Å²) in [5.41, 5.74) is 0. The highest BCUT2D eigenvalue weighted by Gasteiger charge is 2.22. The van der Waals surface area contributed by atoms with Gasteiger partial charge >= 0.3 is 0 Å². The minimum Gasteiger partial charge on any atom is -0.473 e. The topological polar surface area (TPSA) is 45.7 Å². The Bertz CT molecular complexity index is 749. The fourth-order valence-corrected chi connectivity index (χ4v) is 3.37. The Morgan fingerprint density at radius 3 is 2.77 bits per heavy atom. The zero-order chi connectivity index (χ0) is 18.4. The number of ether oxygens (including phenoxy) is 1. The smallest absolute Gasteiger partial charge is 0.221 e. The molecular weight excluding hydrogens is 326 g/mol. The van der Waals surface area contributed by atoms with Gasteiger partial charge in [-0.25, -0.2) is 4.98 Å². The summed E-state index contributed by atoms with van der Waals surface area (Å²) in [5.74, 6) is 0.851. The van der Waals surface area contributed by atoms with Gasteiger partial charge in [-0.2, -0.15) is 0 Å². The number of hydrogen-bond donors (Lipinski definition) is 0. The molecule has 5 nitrogen and oxygen atoms in total. The van der Waals surface area contributed by atoms with Gasteiger partial charge in [0.2, 0.25) is 11.8 Å². The molecule has 0 aliphatic carbocycles. The molecule has 1 aliphatic heterocycles. The molecule has 26 heavy (non-hydrogen) atoms. The van der Waals surface area contributed by atoms with Crippen molar-refractivity contribution < 1.29 is 9.53 Å². The van der Waals surface area contributed by atoms with E-state index >= 15 is 0 Å². The summed E-state index contributed by atoms with van der Waals surface area (Å²) in [6.07, 6.45) is 5.59. The van der Waals surface area contributed by atoms with Crippen LogP contribution in [0.25, 0.3) is 10.8 Å². The van der Waals surface area contributed by atoms with E-state index in [1.54, 1.807) is 13.1 Å². The summed E-state index contributed by atoms with van der Waals surface area (Å²) < 4.78 is 6.33. The lowest BCUT2D eigenvalue weighted by molar-refractivity contribution is -0.130. The number of carbonyl (C=O) groups is 1. The molecule has 138 valence electrons. The van der Waals surface area contributed by atoms with E-state index in [0.717, 1.165) is 56.3 Å². The Morgan fingerprint density at radius 1 is 1.27 bits per heavy atom. The Kier molecular flexibility index (Phi) is 6.23. The number of fused-ring (bicyclic) bond motifs is 1. The third-order valence-electron chi connectivity index (χ3n) is 4.89. The van der Waals surface area contributed by atoms with Crippen molar-refractivity contribution >= 4 is 16.7 Å². The summed E-state index contributed by atoms with van der Waals surface area (Å²) >= 11 is 0. The zero-order valence-corrected chi connectivity index (χ0v) is 15.4. The van der Waals surface area contributed by atoms with Gasteiger partial charge in [-0.05, 0) is 30.4 Å². The molecule has 1 aromatic carbocycles. The number of carbonyl (C=O) groups excluding carboxylic acids is 1. The predicted octanol–water partition coefficient (Wildman–Crippen LogP) is 3.11. The Hall–Kier alpha value is -2.40. The molecule has 3 rings (SSSR count). The van der Waals surface area contributed by atoms with Crippen LogP contribution in [-0.2, 0) is 4.79 Å². The molecule has 0 bridgehead atoms. The molecule has 2 heterocycles. The quantitative estimate of drug-likeness (QED) is 0.718. The van der Waals surface area contributed by atoms with Crippen molar-refractivity contribution in [3.63, 3.8) is 0 Å². The molecule has 1 fully saturated rings. The van der Waals surface area contributed by atoms with Crippen LogP contribution < -0.4 is 4.74 Å². The molecule has 0 unspecified atom stereocenters. The first-order valence-electron chi connectivity index (χ1n) is 9.26. The molecule has 2 aromatic rings. The Balaban J connectivity index is 1.68. The van der Waals surface area contributed by atoms with E-state index in [4.69, 9.17) is 4.74 Å². The number of hydrogen-bond acceptors (Lipinski definition) is 4. The Labute approximate surface area is 155 Å². The van der Waals surface area contributed by atoms with E-state index in [0.29, 0.717) is 5.88 Å². The third kappa shape index (κ3) is 4.61. The number of nitrogens with zero attached hydrogens (tertiary/aromatic N) is 3. The van der Waals surface area contributed by atoms with Crippen molar-refractivity contribution in [3.05, 3.63) is 49.2 Å². The molecule has 1 atom stereocenters. The first kappa shape index (κ1) is 18.4. The lowest BCUT2D eigenvalue weighted by Gasteiger charge is -2.36. The second-order valence-electron chi connectivity index (χ2n) is 6.75. The van der Waals surface area contributed by atoms with Gasteiger partial charge in [-0.15, -0.1) is 6.58 Å². The fraction of sp³-hybridized carbons (Fsp3) is 0.429. The number of benzene rings is 1. The summed E-state index contributed by atoms with van der Waals surface area (Å²) in [5, 5.41) is 2.18. The van der Waals surface area contributed by atoms with Crippen LogP contribution in [0, 0.1) is 0 Å². The second kappa shape index (κ2) is 8.81. The van der Waals surface area contributed by atoms with E-state index in [2.05, 4.69) is 22.5 Å². The van der Waals surface area contributed by atoms with Gasteiger partial charge in [-0.1, -0.05) is 24.3 Å². The largest absolute Gasteiger partial charge is 0.473 e. The van der Waals surface area contributed by atoms with Gasteiger partial charge < -0.3 is 9.64 Å². The summed E-state index contributed by atoms with van der Waals surface area (Å²) in [7, 11) is 0. The van der Waals surface area contributed by atoms with Crippen LogP contribution in [-0.4, -0.2) is 59.5 Å². The van der Waals surface area contributed by atoms with Crippen LogP contribution in [0.15, 0.2) is 49.2 Å². The number of amides is 1. The lowest BCUT2D eigenvalue weighted by Crippen LogP contribution is -2.50. The van der Waals surface area contributed by atoms with Gasteiger partial charge in [0.15, 0.2) is 0 Å². The first-order chi connectivity index (χ1) is 12.7. The molecule has 1 aromatic heterocycles. The molecular formula is C21H27N3O2. The second-order valence-corrected chi connectivity index (χ2v) is 6.75. The van der Waals surface area contributed by atoms with Crippen LogP contribution >= 0.6 is 0 Å². The molecule has 1 aliphatic rings. The third-order valence-corrected chi connectivity index (χ3v) is 4.89. The van der Waals surface area contributed by atoms with Gasteiger partial charge in [-0.3, -0.25) is 9.69 Å². The SMILES string of the molecule is C=CCC[C@H](CN1CCN(C(C)=O)CC1)Oc1nccc2ccccc12. The molecule has 1 amide bonds. The van der Waals surface area contributed by atoms with Gasteiger partial charge in [0, 0.05) is 51.2 Å². The van der Waals surface area contributed by atoms with E-state index in [1.807, 2.05) is 35.2 Å². The van der Waals surface area contributed by atoms with E-state index < -0.39 is 0 Å². The zero-order valence-electron chi connectivity index (χ0n) is 15.4. The van der Waals surface area contributed by atoms with Crippen molar-refractivity contribution in [2.75, 3.05) is 32.7 Å².